The number of para-hydroxylation sites is 2. The summed E-state index contributed by atoms with van der Waals surface area (Å²) in [6, 6.07) is 63.0. The topological polar surface area (TPSA) is 33.4 Å². The van der Waals surface area contributed by atoms with Crippen molar-refractivity contribution in [2.45, 2.75) is 0 Å². The Morgan fingerprint density at radius 2 is 0.894 bits per heavy atom. The molecule has 6 aromatic carbocycles. The van der Waals surface area contributed by atoms with Crippen LogP contribution < -0.4 is 25.6 Å². The van der Waals surface area contributed by atoms with Crippen LogP contribution in [0, 0.1) is 0 Å². The molecule has 0 saturated carbocycles. The van der Waals surface area contributed by atoms with Gasteiger partial charge in [-0.25, -0.2) is 4.98 Å². The molecule has 47 heavy (non-hydrogen) atoms. The number of hydrogen-bond acceptors (Lipinski definition) is 3. The Labute approximate surface area is 274 Å². The standard InChI is InChI=1S/C42H30N4Si/c1-5-17-31(18-6-1)40-41(32-19-7-2-8-20-32)45-30-29-39(43-42(45)44-40)46-35-25-13-15-27-37(35)47(33-21-9-3-10-22-33,34-23-11-4-12-24-34)38-28-16-14-26-36(38)46/h1-30H. The SMILES string of the molecule is c1ccc(-c2nc3nc(N4c5ccccc5[Si](c5ccccc5)(c5ccccc5)c5ccccc54)ccn3c2-c2ccccc2)cc1. The van der Waals surface area contributed by atoms with E-state index in [4.69, 9.17) is 9.97 Å². The molecule has 0 bridgehead atoms. The molecule has 4 nitrogen and oxygen atoms in total. The van der Waals surface area contributed by atoms with Gasteiger partial charge in [0.1, 0.15) is 5.82 Å². The van der Waals surface area contributed by atoms with Crippen molar-refractivity contribution in [1.29, 1.82) is 0 Å². The lowest BCUT2D eigenvalue weighted by molar-refractivity contribution is 1.08. The molecule has 0 atom stereocenters. The van der Waals surface area contributed by atoms with Gasteiger partial charge in [-0.05, 0) is 38.9 Å². The Bertz CT molecular complexity index is 2270. The Hall–Kier alpha value is -6.04. The lowest BCUT2D eigenvalue weighted by atomic mass is 10.1. The van der Waals surface area contributed by atoms with Crippen LogP contribution in [0.1, 0.15) is 0 Å². The summed E-state index contributed by atoms with van der Waals surface area (Å²) >= 11 is 0. The molecule has 0 spiro atoms. The van der Waals surface area contributed by atoms with Crippen molar-refractivity contribution < 1.29 is 0 Å². The first-order chi connectivity index (χ1) is 23.3. The molecule has 0 saturated heterocycles. The van der Waals surface area contributed by atoms with E-state index in [0.29, 0.717) is 5.78 Å². The summed E-state index contributed by atoms with van der Waals surface area (Å²) in [4.78, 5) is 12.8. The van der Waals surface area contributed by atoms with E-state index in [2.05, 4.69) is 179 Å². The second-order valence-corrected chi connectivity index (χ2v) is 15.6. The van der Waals surface area contributed by atoms with Crippen LogP contribution >= 0.6 is 0 Å². The molecule has 0 N–H and O–H groups in total. The van der Waals surface area contributed by atoms with Crippen LogP contribution in [0.3, 0.4) is 0 Å². The number of anilines is 3. The number of benzene rings is 6. The highest BCUT2D eigenvalue weighted by Crippen LogP contribution is 2.39. The molecule has 222 valence electrons. The van der Waals surface area contributed by atoms with E-state index in [0.717, 1.165) is 39.7 Å². The van der Waals surface area contributed by atoms with Crippen molar-refractivity contribution in [2.24, 2.45) is 0 Å². The number of aromatic nitrogens is 3. The zero-order valence-electron chi connectivity index (χ0n) is 25.6. The van der Waals surface area contributed by atoms with Gasteiger partial charge in [0.25, 0.3) is 0 Å². The van der Waals surface area contributed by atoms with E-state index in [-0.39, 0.29) is 0 Å². The Morgan fingerprint density at radius 1 is 0.426 bits per heavy atom. The van der Waals surface area contributed by atoms with Crippen LogP contribution in [0.25, 0.3) is 28.3 Å². The Balaban J connectivity index is 1.31. The van der Waals surface area contributed by atoms with Gasteiger partial charge in [-0.3, -0.25) is 9.30 Å². The summed E-state index contributed by atoms with van der Waals surface area (Å²) in [5.41, 5.74) is 6.42. The molecule has 0 aliphatic carbocycles. The fraction of sp³-hybridized carbons (Fsp3) is 0. The predicted octanol–water partition coefficient (Wildman–Crippen LogP) is 7.22. The van der Waals surface area contributed by atoms with E-state index < -0.39 is 8.07 Å². The zero-order chi connectivity index (χ0) is 31.2. The van der Waals surface area contributed by atoms with Crippen molar-refractivity contribution in [1.82, 2.24) is 14.4 Å². The van der Waals surface area contributed by atoms with Crippen LogP contribution in [-0.4, -0.2) is 22.4 Å². The van der Waals surface area contributed by atoms with Crippen LogP contribution in [0.4, 0.5) is 17.2 Å². The first-order valence-electron chi connectivity index (χ1n) is 15.9. The smallest absolute Gasteiger partial charge is 0.236 e. The van der Waals surface area contributed by atoms with Gasteiger partial charge in [0, 0.05) is 28.7 Å². The van der Waals surface area contributed by atoms with Gasteiger partial charge in [0.2, 0.25) is 5.78 Å². The summed E-state index contributed by atoms with van der Waals surface area (Å²) in [6.07, 6.45) is 2.12. The third kappa shape index (κ3) is 4.21. The average Bonchev–Trinajstić information content (AvgIpc) is 3.54. The lowest BCUT2D eigenvalue weighted by Crippen LogP contribution is -2.77. The van der Waals surface area contributed by atoms with Crippen molar-refractivity contribution >= 4 is 51.8 Å². The maximum absolute atomic E-state index is 5.32. The molecular formula is C42H30N4Si. The fourth-order valence-electron chi connectivity index (χ4n) is 7.37. The van der Waals surface area contributed by atoms with E-state index >= 15 is 0 Å². The molecule has 0 unspecified atom stereocenters. The summed E-state index contributed by atoms with van der Waals surface area (Å²) in [6.45, 7) is 0. The van der Waals surface area contributed by atoms with Gasteiger partial charge < -0.3 is 0 Å². The van der Waals surface area contributed by atoms with E-state index in [1.807, 2.05) is 12.1 Å². The molecule has 2 aromatic heterocycles. The molecule has 1 aliphatic heterocycles. The van der Waals surface area contributed by atoms with Gasteiger partial charge in [-0.1, -0.05) is 158 Å². The minimum absolute atomic E-state index is 0.662. The van der Waals surface area contributed by atoms with Gasteiger partial charge in [-0.15, -0.1) is 0 Å². The summed E-state index contributed by atoms with van der Waals surface area (Å²) < 4.78 is 2.12. The molecule has 8 aromatic rings. The largest absolute Gasteiger partial charge is 0.295 e. The molecule has 0 amide bonds. The number of imidazole rings is 1. The maximum Gasteiger partial charge on any atom is 0.236 e. The summed E-state index contributed by atoms with van der Waals surface area (Å²) in [5.74, 6) is 1.50. The monoisotopic (exact) mass is 618 g/mol. The Morgan fingerprint density at radius 3 is 1.45 bits per heavy atom. The summed E-state index contributed by atoms with van der Waals surface area (Å²) in [5, 5.41) is 5.41. The third-order valence-corrected chi connectivity index (χ3v) is 14.2. The fourth-order valence-corrected chi connectivity index (χ4v) is 12.5. The normalized spacial score (nSPS) is 13.2. The van der Waals surface area contributed by atoms with Gasteiger partial charge in [0.05, 0.1) is 11.4 Å². The summed E-state index contributed by atoms with van der Waals surface area (Å²) in [7, 11) is -2.69. The van der Waals surface area contributed by atoms with Crippen molar-refractivity contribution in [3.8, 4) is 22.5 Å². The number of fused-ring (bicyclic) bond motifs is 3. The quantitative estimate of drug-likeness (QED) is 0.191. The van der Waals surface area contributed by atoms with Crippen LogP contribution in [-0.2, 0) is 0 Å². The number of hydrogen-bond donors (Lipinski definition) is 0. The molecule has 0 fully saturated rings. The van der Waals surface area contributed by atoms with E-state index in [1.54, 1.807) is 0 Å². The van der Waals surface area contributed by atoms with Gasteiger partial charge in [-0.2, -0.15) is 4.98 Å². The second-order valence-electron chi connectivity index (χ2n) is 11.8. The van der Waals surface area contributed by atoms with Gasteiger partial charge in [0.15, 0.2) is 8.07 Å². The van der Waals surface area contributed by atoms with Crippen molar-refractivity contribution in [2.75, 3.05) is 4.90 Å². The predicted molar refractivity (Wildman–Crippen MR) is 196 cm³/mol. The second kappa shape index (κ2) is 11.1. The first-order valence-corrected chi connectivity index (χ1v) is 17.9. The molecule has 1 aliphatic rings. The molecular weight excluding hydrogens is 589 g/mol. The Kier molecular flexibility index (Phi) is 6.44. The van der Waals surface area contributed by atoms with Gasteiger partial charge >= 0.3 is 0 Å². The minimum atomic E-state index is -2.69. The van der Waals surface area contributed by atoms with Crippen LogP contribution in [0.5, 0.6) is 0 Å². The molecule has 9 rings (SSSR count). The minimum Gasteiger partial charge on any atom is -0.295 e. The molecule has 5 heteroatoms. The third-order valence-electron chi connectivity index (χ3n) is 9.31. The average molecular weight is 619 g/mol. The maximum atomic E-state index is 5.32. The van der Waals surface area contributed by atoms with Crippen LogP contribution in [0.2, 0.25) is 0 Å². The van der Waals surface area contributed by atoms with Crippen molar-refractivity contribution in [3.63, 3.8) is 0 Å². The first kappa shape index (κ1) is 27.3. The highest BCUT2D eigenvalue weighted by atomic mass is 28.3. The number of rotatable bonds is 5. The lowest BCUT2D eigenvalue weighted by Gasteiger charge is -2.44. The van der Waals surface area contributed by atoms with E-state index in [1.165, 1.54) is 20.7 Å². The van der Waals surface area contributed by atoms with Crippen LogP contribution in [0.15, 0.2) is 182 Å². The number of nitrogens with zero attached hydrogens (tertiary/aromatic N) is 4. The van der Waals surface area contributed by atoms with Crippen molar-refractivity contribution in [3.05, 3.63) is 182 Å². The highest BCUT2D eigenvalue weighted by Gasteiger charge is 2.48. The van der Waals surface area contributed by atoms with E-state index in [9.17, 15) is 0 Å². The molecule has 3 heterocycles. The highest BCUT2D eigenvalue weighted by molar-refractivity contribution is 7.21. The molecule has 0 radical (unpaired) electrons. The zero-order valence-corrected chi connectivity index (χ0v) is 26.6.